The van der Waals surface area contributed by atoms with E-state index in [-0.39, 0.29) is 6.09 Å². The summed E-state index contributed by atoms with van der Waals surface area (Å²) in [5, 5.41) is 1.35. The first kappa shape index (κ1) is 16.4. The Morgan fingerprint density at radius 3 is 2.38 bits per heavy atom. The minimum atomic E-state index is -0.451. The monoisotopic (exact) mass is 329 g/mol. The normalized spacial score (nSPS) is 16.9. The van der Waals surface area contributed by atoms with Gasteiger partial charge in [0.25, 0.3) is 0 Å². The maximum absolute atomic E-state index is 12.0. The van der Waals surface area contributed by atoms with Gasteiger partial charge in [0.15, 0.2) is 0 Å². The summed E-state index contributed by atoms with van der Waals surface area (Å²) >= 11 is 12.2. The van der Waals surface area contributed by atoms with Gasteiger partial charge in [0.1, 0.15) is 5.60 Å². The van der Waals surface area contributed by atoms with E-state index >= 15 is 0 Å². The molecule has 1 heterocycles. The van der Waals surface area contributed by atoms with Crippen LogP contribution in [0.5, 0.6) is 0 Å². The summed E-state index contributed by atoms with van der Waals surface area (Å²) < 4.78 is 5.40. The number of ether oxygens (including phenoxy) is 1. The first-order valence-electron chi connectivity index (χ1n) is 7.19. The summed E-state index contributed by atoms with van der Waals surface area (Å²) in [5.74, 6) is 0.369. The second-order valence-corrected chi connectivity index (χ2v) is 7.25. The quantitative estimate of drug-likeness (QED) is 0.716. The molecule has 5 heteroatoms. The Hall–Kier alpha value is -0.930. The molecule has 3 nitrogen and oxygen atoms in total. The number of carbonyl (C=O) groups is 1. The average molecular weight is 330 g/mol. The summed E-state index contributed by atoms with van der Waals surface area (Å²) in [5.41, 5.74) is 0.665. The van der Waals surface area contributed by atoms with Gasteiger partial charge in [-0.05, 0) is 57.2 Å². The zero-order valence-electron chi connectivity index (χ0n) is 12.7. The van der Waals surface area contributed by atoms with Crippen molar-refractivity contribution in [1.82, 2.24) is 4.90 Å². The van der Waals surface area contributed by atoms with Crippen molar-refractivity contribution in [2.45, 2.75) is 45.1 Å². The van der Waals surface area contributed by atoms with E-state index in [4.69, 9.17) is 27.9 Å². The molecule has 2 rings (SSSR count). The summed E-state index contributed by atoms with van der Waals surface area (Å²) in [6.45, 7) is 7.03. The Morgan fingerprint density at radius 1 is 1.24 bits per heavy atom. The van der Waals surface area contributed by atoms with E-state index in [0.717, 1.165) is 18.4 Å². The smallest absolute Gasteiger partial charge is 0.410 e. The Kier molecular flexibility index (Phi) is 5.05. The lowest BCUT2D eigenvalue weighted by atomic mass is 9.89. The SMILES string of the molecule is CC(C)(C)OC(=O)N1CCC(c2ccc(Cl)cc2Cl)CC1. The summed E-state index contributed by atoms with van der Waals surface area (Å²) in [7, 11) is 0. The van der Waals surface area contributed by atoms with Gasteiger partial charge in [-0.1, -0.05) is 29.3 Å². The first-order chi connectivity index (χ1) is 9.76. The highest BCUT2D eigenvalue weighted by Gasteiger charge is 2.28. The molecule has 0 aromatic heterocycles. The second-order valence-electron chi connectivity index (χ2n) is 6.41. The number of hydrogen-bond donors (Lipinski definition) is 0. The van der Waals surface area contributed by atoms with Crippen molar-refractivity contribution < 1.29 is 9.53 Å². The molecule has 1 aliphatic rings. The summed E-state index contributed by atoms with van der Waals surface area (Å²) in [6.07, 6.45) is 1.55. The number of benzene rings is 1. The van der Waals surface area contributed by atoms with Crippen LogP contribution in [-0.2, 0) is 4.74 Å². The van der Waals surface area contributed by atoms with Gasteiger partial charge in [0, 0.05) is 23.1 Å². The van der Waals surface area contributed by atoms with Crippen LogP contribution >= 0.6 is 23.2 Å². The lowest BCUT2D eigenvalue weighted by Gasteiger charge is -2.33. The molecular weight excluding hydrogens is 309 g/mol. The lowest BCUT2D eigenvalue weighted by Crippen LogP contribution is -2.41. The molecule has 116 valence electrons. The van der Waals surface area contributed by atoms with E-state index in [1.165, 1.54) is 0 Å². The van der Waals surface area contributed by atoms with Gasteiger partial charge in [-0.3, -0.25) is 0 Å². The number of hydrogen-bond acceptors (Lipinski definition) is 2. The molecule has 0 saturated carbocycles. The molecule has 1 aromatic carbocycles. The molecule has 1 aromatic rings. The van der Waals surface area contributed by atoms with Crippen LogP contribution < -0.4 is 0 Å². The number of nitrogens with zero attached hydrogens (tertiary/aromatic N) is 1. The first-order valence-corrected chi connectivity index (χ1v) is 7.95. The number of piperidine rings is 1. The van der Waals surface area contributed by atoms with Crippen LogP contribution in [0.25, 0.3) is 0 Å². The van der Waals surface area contributed by atoms with Crippen molar-refractivity contribution in [3.63, 3.8) is 0 Å². The number of carbonyl (C=O) groups excluding carboxylic acids is 1. The van der Waals surface area contributed by atoms with E-state index in [1.807, 2.05) is 32.9 Å². The minimum Gasteiger partial charge on any atom is -0.444 e. The van der Waals surface area contributed by atoms with E-state index in [1.54, 1.807) is 11.0 Å². The van der Waals surface area contributed by atoms with E-state index in [0.29, 0.717) is 29.1 Å². The zero-order valence-corrected chi connectivity index (χ0v) is 14.2. The third kappa shape index (κ3) is 4.52. The minimum absolute atomic E-state index is 0.233. The predicted molar refractivity (Wildman–Crippen MR) is 86.2 cm³/mol. The number of halogens is 2. The van der Waals surface area contributed by atoms with E-state index < -0.39 is 5.60 Å². The van der Waals surface area contributed by atoms with Crippen LogP contribution in [0.15, 0.2) is 18.2 Å². The van der Waals surface area contributed by atoms with Gasteiger partial charge < -0.3 is 9.64 Å². The highest BCUT2D eigenvalue weighted by Crippen LogP contribution is 2.34. The van der Waals surface area contributed by atoms with Gasteiger partial charge in [0.05, 0.1) is 0 Å². The van der Waals surface area contributed by atoms with Crippen LogP contribution in [0, 0.1) is 0 Å². The fourth-order valence-corrected chi connectivity index (χ4v) is 3.09. The van der Waals surface area contributed by atoms with Crippen LogP contribution in [0.1, 0.15) is 45.1 Å². The number of rotatable bonds is 1. The highest BCUT2D eigenvalue weighted by atomic mass is 35.5. The molecule has 1 saturated heterocycles. The predicted octanol–water partition coefficient (Wildman–Crippen LogP) is 5.11. The maximum Gasteiger partial charge on any atom is 0.410 e. The van der Waals surface area contributed by atoms with Crippen molar-refractivity contribution in [1.29, 1.82) is 0 Å². The third-order valence-electron chi connectivity index (χ3n) is 3.55. The van der Waals surface area contributed by atoms with E-state index in [9.17, 15) is 4.79 Å². The molecule has 0 radical (unpaired) electrons. The van der Waals surface area contributed by atoms with Gasteiger partial charge >= 0.3 is 6.09 Å². The molecule has 21 heavy (non-hydrogen) atoms. The number of amides is 1. The molecule has 1 fully saturated rings. The van der Waals surface area contributed by atoms with Gasteiger partial charge in [-0.25, -0.2) is 4.79 Å². The van der Waals surface area contributed by atoms with Crippen LogP contribution in [0.4, 0.5) is 4.79 Å². The van der Waals surface area contributed by atoms with Gasteiger partial charge in [0.2, 0.25) is 0 Å². The largest absolute Gasteiger partial charge is 0.444 e. The molecule has 1 aliphatic heterocycles. The fraction of sp³-hybridized carbons (Fsp3) is 0.562. The highest BCUT2D eigenvalue weighted by molar-refractivity contribution is 6.35. The third-order valence-corrected chi connectivity index (χ3v) is 4.11. The Bertz CT molecular complexity index is 517. The molecule has 0 spiro atoms. The maximum atomic E-state index is 12.0. The Labute approximate surface area is 136 Å². The molecule has 0 N–H and O–H groups in total. The molecule has 1 amide bonds. The van der Waals surface area contributed by atoms with E-state index in [2.05, 4.69) is 0 Å². The van der Waals surface area contributed by atoms with Crippen molar-refractivity contribution in [3.8, 4) is 0 Å². The second kappa shape index (κ2) is 6.45. The summed E-state index contributed by atoms with van der Waals surface area (Å²) in [6, 6.07) is 5.63. The zero-order chi connectivity index (χ0) is 15.6. The van der Waals surface area contributed by atoms with Crippen molar-refractivity contribution >= 4 is 29.3 Å². The topological polar surface area (TPSA) is 29.5 Å². The van der Waals surface area contributed by atoms with Crippen LogP contribution in [0.2, 0.25) is 10.0 Å². The number of likely N-dealkylation sites (tertiary alicyclic amines) is 1. The fourth-order valence-electron chi connectivity index (χ4n) is 2.53. The van der Waals surface area contributed by atoms with Crippen molar-refractivity contribution in [2.75, 3.05) is 13.1 Å². The lowest BCUT2D eigenvalue weighted by molar-refractivity contribution is 0.0205. The van der Waals surface area contributed by atoms with Crippen LogP contribution in [0.3, 0.4) is 0 Å². The molecule has 0 atom stereocenters. The van der Waals surface area contributed by atoms with Gasteiger partial charge in [-0.15, -0.1) is 0 Å². The molecular formula is C16H21Cl2NO2. The Balaban J connectivity index is 1.95. The Morgan fingerprint density at radius 2 is 1.86 bits per heavy atom. The van der Waals surface area contributed by atoms with Gasteiger partial charge in [-0.2, -0.15) is 0 Å². The van der Waals surface area contributed by atoms with Crippen LogP contribution in [-0.4, -0.2) is 29.7 Å². The van der Waals surface area contributed by atoms with Crippen molar-refractivity contribution in [2.24, 2.45) is 0 Å². The molecule has 0 bridgehead atoms. The van der Waals surface area contributed by atoms with Crippen molar-refractivity contribution in [3.05, 3.63) is 33.8 Å². The average Bonchev–Trinajstić information content (AvgIpc) is 2.37. The standard InChI is InChI=1S/C16H21Cl2NO2/c1-16(2,3)21-15(20)19-8-6-11(7-9-19)13-5-4-12(17)10-14(13)18/h4-5,10-11H,6-9H2,1-3H3. The molecule has 0 aliphatic carbocycles. The molecule has 0 unspecified atom stereocenters. The summed E-state index contributed by atoms with van der Waals surface area (Å²) in [4.78, 5) is 13.8.